The molecule has 0 bridgehead atoms. The van der Waals surface area contributed by atoms with E-state index in [9.17, 15) is 4.55 Å². The molecule has 1 saturated heterocycles. The van der Waals surface area contributed by atoms with Crippen molar-refractivity contribution in [1.82, 2.24) is 0 Å². The molecule has 0 saturated carbocycles. The molecule has 0 unspecified atom stereocenters. The number of rotatable bonds is 1. The van der Waals surface area contributed by atoms with Crippen LogP contribution in [0.25, 0.3) is 0 Å². The van der Waals surface area contributed by atoms with Crippen molar-refractivity contribution < 1.29 is 4.55 Å². The SMILES string of the molecule is CCS1(O)CCCC1. The Balaban J connectivity index is 2.40. The third-order valence-electron chi connectivity index (χ3n) is 1.84. The van der Waals surface area contributed by atoms with Crippen LogP contribution in [-0.4, -0.2) is 21.8 Å². The van der Waals surface area contributed by atoms with E-state index in [2.05, 4.69) is 6.92 Å². The highest BCUT2D eigenvalue weighted by Gasteiger charge is 2.22. The second-order valence-electron chi connectivity index (χ2n) is 2.40. The highest BCUT2D eigenvalue weighted by Crippen LogP contribution is 2.49. The van der Waals surface area contributed by atoms with E-state index in [-0.39, 0.29) is 0 Å². The van der Waals surface area contributed by atoms with E-state index in [4.69, 9.17) is 0 Å². The minimum atomic E-state index is -1.04. The molecule has 8 heavy (non-hydrogen) atoms. The van der Waals surface area contributed by atoms with E-state index < -0.39 is 10.3 Å². The maximum atomic E-state index is 9.58. The molecule has 0 spiro atoms. The first-order valence-corrected chi connectivity index (χ1v) is 5.35. The summed E-state index contributed by atoms with van der Waals surface area (Å²) in [6.07, 6.45) is 2.53. The predicted molar refractivity (Wildman–Crippen MR) is 39.7 cm³/mol. The molecule has 50 valence electrons. The van der Waals surface area contributed by atoms with Gasteiger partial charge in [-0.3, -0.25) is 0 Å². The van der Waals surface area contributed by atoms with E-state index in [0.29, 0.717) is 0 Å². The summed E-state index contributed by atoms with van der Waals surface area (Å²) in [5, 5.41) is 0. The molecule has 1 fully saturated rings. The van der Waals surface area contributed by atoms with Crippen LogP contribution in [0.2, 0.25) is 0 Å². The van der Waals surface area contributed by atoms with Gasteiger partial charge in [0, 0.05) is 0 Å². The zero-order chi connectivity index (χ0) is 6.04. The van der Waals surface area contributed by atoms with E-state index >= 15 is 0 Å². The van der Waals surface area contributed by atoms with Gasteiger partial charge >= 0.3 is 0 Å². The molecule has 0 aromatic heterocycles. The molecule has 0 radical (unpaired) electrons. The van der Waals surface area contributed by atoms with E-state index in [1.807, 2.05) is 0 Å². The smallest absolute Gasteiger partial charge is 0.00122 e. The number of hydrogen-bond donors (Lipinski definition) is 1. The maximum absolute atomic E-state index is 9.58. The average Bonchev–Trinajstić information content (AvgIpc) is 2.17. The first kappa shape index (κ1) is 6.43. The lowest BCUT2D eigenvalue weighted by Gasteiger charge is -2.25. The fourth-order valence-electron chi connectivity index (χ4n) is 1.13. The van der Waals surface area contributed by atoms with Crippen molar-refractivity contribution in [2.24, 2.45) is 0 Å². The quantitative estimate of drug-likeness (QED) is 0.582. The minimum Gasteiger partial charge on any atom is -0.351 e. The summed E-state index contributed by atoms with van der Waals surface area (Å²) in [6, 6.07) is 0. The average molecular weight is 134 g/mol. The van der Waals surface area contributed by atoms with Crippen LogP contribution in [0.3, 0.4) is 0 Å². The molecule has 0 aliphatic carbocycles. The van der Waals surface area contributed by atoms with Crippen molar-refractivity contribution in [2.75, 3.05) is 17.3 Å². The topological polar surface area (TPSA) is 20.2 Å². The van der Waals surface area contributed by atoms with Gasteiger partial charge in [0.1, 0.15) is 0 Å². The van der Waals surface area contributed by atoms with Crippen molar-refractivity contribution >= 4 is 10.3 Å². The van der Waals surface area contributed by atoms with Crippen LogP contribution in [0.1, 0.15) is 19.8 Å². The third kappa shape index (κ3) is 1.17. The van der Waals surface area contributed by atoms with Crippen molar-refractivity contribution in [2.45, 2.75) is 19.8 Å². The lowest BCUT2D eigenvalue weighted by Crippen LogP contribution is -2.01. The van der Waals surface area contributed by atoms with Gasteiger partial charge in [0.25, 0.3) is 0 Å². The summed E-state index contributed by atoms with van der Waals surface area (Å²) < 4.78 is 9.58. The van der Waals surface area contributed by atoms with E-state index in [1.165, 1.54) is 12.8 Å². The monoisotopic (exact) mass is 134 g/mol. The van der Waals surface area contributed by atoms with E-state index in [1.54, 1.807) is 0 Å². The Hall–Kier alpha value is 0.310. The molecule has 1 aliphatic heterocycles. The fraction of sp³-hybridized carbons (Fsp3) is 1.00. The molecule has 1 nitrogen and oxygen atoms in total. The summed E-state index contributed by atoms with van der Waals surface area (Å²) in [5.74, 6) is 3.25. The molecule has 0 amide bonds. The lowest BCUT2D eigenvalue weighted by atomic mass is 10.4. The van der Waals surface area contributed by atoms with Crippen LogP contribution >= 0.6 is 10.3 Å². The molecule has 2 heteroatoms. The Morgan fingerprint density at radius 1 is 1.38 bits per heavy atom. The first-order chi connectivity index (χ1) is 3.77. The zero-order valence-electron chi connectivity index (χ0n) is 5.39. The molecule has 1 heterocycles. The van der Waals surface area contributed by atoms with Gasteiger partial charge in [-0.25, -0.2) is 0 Å². The van der Waals surface area contributed by atoms with E-state index in [0.717, 1.165) is 17.3 Å². The van der Waals surface area contributed by atoms with Crippen molar-refractivity contribution in [1.29, 1.82) is 0 Å². The summed E-state index contributed by atoms with van der Waals surface area (Å²) >= 11 is 0. The van der Waals surface area contributed by atoms with Gasteiger partial charge in [0.15, 0.2) is 0 Å². The van der Waals surface area contributed by atoms with Gasteiger partial charge in [-0.2, -0.15) is 0 Å². The second-order valence-corrected chi connectivity index (χ2v) is 5.80. The molecule has 1 N–H and O–H groups in total. The van der Waals surface area contributed by atoms with Gasteiger partial charge in [-0.1, -0.05) is 6.92 Å². The van der Waals surface area contributed by atoms with Gasteiger partial charge in [0.2, 0.25) is 0 Å². The molecule has 1 rings (SSSR count). The standard InChI is InChI=1S/C6H14OS/c1-2-8(7)5-3-4-6-8/h7H,2-6H2,1H3. The van der Waals surface area contributed by atoms with Crippen LogP contribution in [0.5, 0.6) is 0 Å². The summed E-state index contributed by atoms with van der Waals surface area (Å²) in [5.41, 5.74) is 0. The van der Waals surface area contributed by atoms with Crippen molar-refractivity contribution in [3.8, 4) is 0 Å². The Labute approximate surface area is 52.6 Å². The molecular formula is C6H14OS. The van der Waals surface area contributed by atoms with Crippen LogP contribution in [0.4, 0.5) is 0 Å². The predicted octanol–water partition coefficient (Wildman–Crippen LogP) is 2.08. The lowest BCUT2D eigenvalue weighted by molar-refractivity contribution is 0.632. The summed E-state index contributed by atoms with van der Waals surface area (Å²) in [4.78, 5) is 0. The first-order valence-electron chi connectivity index (χ1n) is 3.26. The Bertz CT molecular complexity index is 76.6. The van der Waals surface area contributed by atoms with Gasteiger partial charge in [-0.05, 0) is 30.1 Å². The van der Waals surface area contributed by atoms with Gasteiger partial charge in [0.05, 0.1) is 0 Å². The van der Waals surface area contributed by atoms with Crippen molar-refractivity contribution in [3.63, 3.8) is 0 Å². The molecular weight excluding hydrogens is 120 g/mol. The normalized spacial score (nSPS) is 30.2. The van der Waals surface area contributed by atoms with Crippen LogP contribution in [0, 0.1) is 0 Å². The Morgan fingerprint density at radius 3 is 2.12 bits per heavy atom. The largest absolute Gasteiger partial charge is 0.351 e. The van der Waals surface area contributed by atoms with Crippen LogP contribution in [0.15, 0.2) is 0 Å². The molecule has 0 aromatic rings. The number of hydrogen-bond acceptors (Lipinski definition) is 1. The summed E-state index contributed by atoms with van der Waals surface area (Å²) in [6.45, 7) is 2.10. The highest BCUT2D eigenvalue weighted by molar-refractivity contribution is 8.29. The Kier molecular flexibility index (Phi) is 1.83. The van der Waals surface area contributed by atoms with Crippen molar-refractivity contribution in [3.05, 3.63) is 0 Å². The summed E-state index contributed by atoms with van der Waals surface area (Å²) in [7, 11) is -1.04. The maximum Gasteiger partial charge on any atom is -0.00122 e. The zero-order valence-corrected chi connectivity index (χ0v) is 6.21. The Morgan fingerprint density at radius 2 is 1.88 bits per heavy atom. The third-order valence-corrected chi connectivity index (χ3v) is 5.01. The molecule has 0 aromatic carbocycles. The fourth-order valence-corrected chi connectivity index (χ4v) is 3.40. The van der Waals surface area contributed by atoms with Gasteiger partial charge < -0.3 is 4.55 Å². The van der Waals surface area contributed by atoms with Crippen LogP contribution < -0.4 is 0 Å². The minimum absolute atomic E-state index is 1.02. The second kappa shape index (κ2) is 2.28. The molecule has 0 atom stereocenters. The molecule has 1 aliphatic rings. The van der Waals surface area contributed by atoms with Crippen LogP contribution in [-0.2, 0) is 0 Å². The highest BCUT2D eigenvalue weighted by atomic mass is 32.3. The van der Waals surface area contributed by atoms with Gasteiger partial charge in [-0.15, -0.1) is 10.3 Å².